The van der Waals surface area contributed by atoms with Crippen molar-refractivity contribution in [2.24, 2.45) is 0 Å². The van der Waals surface area contributed by atoms with Crippen molar-refractivity contribution in [3.05, 3.63) is 40.7 Å². The van der Waals surface area contributed by atoms with E-state index in [2.05, 4.69) is 4.98 Å². The Hall–Kier alpha value is -1.17. The van der Waals surface area contributed by atoms with Gasteiger partial charge in [0.25, 0.3) is 0 Å². The molecule has 1 aromatic carbocycles. The molecule has 2 rings (SSSR count). The van der Waals surface area contributed by atoms with Gasteiger partial charge in [0, 0.05) is 11.5 Å². The van der Waals surface area contributed by atoms with Gasteiger partial charge in [-0.2, -0.15) is 0 Å². The van der Waals surface area contributed by atoms with Crippen LogP contribution in [0.5, 0.6) is 5.75 Å². The molecule has 0 radical (unpaired) electrons. The average Bonchev–Trinajstić information content (AvgIpc) is 2.07. The Balaban J connectivity index is 0.000000845. The number of aromatic amines is 1. The zero-order chi connectivity index (χ0) is 8.55. The second-order valence-electron chi connectivity index (χ2n) is 2.56. The second-order valence-corrected chi connectivity index (χ2v) is 2.56. The smallest absolute Gasteiger partial charge is 1.00 e. The van der Waals surface area contributed by atoms with E-state index in [9.17, 15) is 9.90 Å². The SMILES string of the molecule is O=c1ccc2cccc(O)c2[nH]1.[H-].[Li+]. The number of H-pyrrole nitrogens is 1. The van der Waals surface area contributed by atoms with Crippen LogP contribution in [-0.2, 0) is 0 Å². The molecule has 0 fully saturated rings. The van der Waals surface area contributed by atoms with Gasteiger partial charge in [-0.25, -0.2) is 0 Å². The number of phenols is 1. The fraction of sp³-hybridized carbons (Fsp3) is 0. The molecule has 0 amide bonds. The molecule has 0 unspecified atom stereocenters. The van der Waals surface area contributed by atoms with E-state index in [0.29, 0.717) is 5.52 Å². The van der Waals surface area contributed by atoms with E-state index in [0.717, 1.165) is 5.39 Å². The molecular formula is C9H8LiNO2. The van der Waals surface area contributed by atoms with Crippen LogP contribution >= 0.6 is 0 Å². The maximum absolute atomic E-state index is 10.9. The van der Waals surface area contributed by atoms with Crippen LogP contribution in [-0.4, -0.2) is 10.1 Å². The number of fused-ring (bicyclic) bond motifs is 1. The van der Waals surface area contributed by atoms with Crippen molar-refractivity contribution in [2.45, 2.75) is 0 Å². The molecule has 0 bridgehead atoms. The third-order valence-corrected chi connectivity index (χ3v) is 1.74. The Morgan fingerprint density at radius 1 is 1.23 bits per heavy atom. The first-order valence-corrected chi connectivity index (χ1v) is 3.58. The molecule has 0 aliphatic carbocycles. The summed E-state index contributed by atoms with van der Waals surface area (Å²) in [5.74, 6) is 0.102. The van der Waals surface area contributed by atoms with Crippen molar-refractivity contribution in [1.29, 1.82) is 0 Å². The van der Waals surface area contributed by atoms with Gasteiger partial charge in [0.1, 0.15) is 5.75 Å². The van der Waals surface area contributed by atoms with Crippen LogP contribution < -0.4 is 24.4 Å². The van der Waals surface area contributed by atoms with Gasteiger partial charge in [-0.15, -0.1) is 0 Å². The van der Waals surface area contributed by atoms with Crippen LogP contribution in [0.4, 0.5) is 0 Å². The first-order valence-electron chi connectivity index (χ1n) is 3.58. The summed E-state index contributed by atoms with van der Waals surface area (Å²) < 4.78 is 0. The first kappa shape index (κ1) is 9.91. The number of pyridine rings is 1. The zero-order valence-electron chi connectivity index (χ0n) is 8.24. The van der Waals surface area contributed by atoms with E-state index in [1.807, 2.05) is 6.07 Å². The third-order valence-electron chi connectivity index (χ3n) is 1.74. The number of nitrogens with one attached hydrogen (secondary N) is 1. The first-order chi connectivity index (χ1) is 5.77. The van der Waals surface area contributed by atoms with Gasteiger partial charge >= 0.3 is 18.9 Å². The molecule has 0 spiro atoms. The number of para-hydroxylation sites is 1. The van der Waals surface area contributed by atoms with Crippen molar-refractivity contribution in [3.8, 4) is 5.75 Å². The van der Waals surface area contributed by atoms with E-state index in [1.165, 1.54) is 12.1 Å². The van der Waals surface area contributed by atoms with Gasteiger partial charge in [0.15, 0.2) is 0 Å². The van der Waals surface area contributed by atoms with Crippen molar-refractivity contribution in [3.63, 3.8) is 0 Å². The predicted octanol–water partition coefficient (Wildman–Crippen LogP) is -1.65. The monoisotopic (exact) mass is 169 g/mol. The predicted molar refractivity (Wildman–Crippen MR) is 47.3 cm³/mol. The molecule has 0 atom stereocenters. The summed E-state index contributed by atoms with van der Waals surface area (Å²) in [6.45, 7) is 0. The summed E-state index contributed by atoms with van der Waals surface area (Å²) >= 11 is 0. The van der Waals surface area contributed by atoms with E-state index in [-0.39, 0.29) is 31.6 Å². The summed E-state index contributed by atoms with van der Waals surface area (Å²) in [6.07, 6.45) is 0. The van der Waals surface area contributed by atoms with Crippen LogP contribution in [0.1, 0.15) is 1.43 Å². The Kier molecular flexibility index (Phi) is 2.82. The molecule has 1 heterocycles. The van der Waals surface area contributed by atoms with Gasteiger partial charge in [0.2, 0.25) is 5.56 Å². The van der Waals surface area contributed by atoms with Crippen LogP contribution in [0.25, 0.3) is 10.9 Å². The number of aromatic hydroxyl groups is 1. The molecule has 0 saturated carbocycles. The number of rotatable bonds is 0. The van der Waals surface area contributed by atoms with Crippen LogP contribution in [0.2, 0.25) is 0 Å². The largest absolute Gasteiger partial charge is 1.00 e. The van der Waals surface area contributed by atoms with Gasteiger partial charge < -0.3 is 11.5 Å². The average molecular weight is 169 g/mol. The maximum atomic E-state index is 10.9. The van der Waals surface area contributed by atoms with Gasteiger partial charge in [-0.3, -0.25) is 4.79 Å². The summed E-state index contributed by atoms with van der Waals surface area (Å²) in [4.78, 5) is 13.4. The number of phenolic OH excluding ortho intramolecular Hbond substituents is 1. The quantitative estimate of drug-likeness (QED) is 0.464. The third kappa shape index (κ3) is 1.77. The summed E-state index contributed by atoms with van der Waals surface area (Å²) in [5, 5.41) is 10.2. The summed E-state index contributed by atoms with van der Waals surface area (Å²) in [5.41, 5.74) is 0.286. The van der Waals surface area contributed by atoms with Crippen LogP contribution in [0, 0.1) is 0 Å². The fourth-order valence-corrected chi connectivity index (χ4v) is 1.16. The molecule has 0 aliphatic rings. The normalized spacial score (nSPS) is 9.54. The minimum Gasteiger partial charge on any atom is -1.00 e. The van der Waals surface area contributed by atoms with Gasteiger partial charge in [-0.1, -0.05) is 12.1 Å². The minimum absolute atomic E-state index is 0. The molecule has 62 valence electrons. The number of hydrogen-bond acceptors (Lipinski definition) is 2. The molecule has 2 N–H and O–H groups in total. The molecule has 3 nitrogen and oxygen atoms in total. The Morgan fingerprint density at radius 3 is 2.77 bits per heavy atom. The Bertz CT molecular complexity index is 483. The van der Waals surface area contributed by atoms with Crippen molar-refractivity contribution in [1.82, 2.24) is 4.98 Å². The zero-order valence-corrected chi connectivity index (χ0v) is 7.24. The summed E-state index contributed by atoms with van der Waals surface area (Å²) in [6, 6.07) is 8.20. The minimum atomic E-state index is -0.205. The molecular weight excluding hydrogens is 161 g/mol. The molecule has 0 aliphatic heterocycles. The molecule has 4 heteroatoms. The van der Waals surface area contributed by atoms with E-state index >= 15 is 0 Å². The molecule has 2 aromatic rings. The fourth-order valence-electron chi connectivity index (χ4n) is 1.16. The van der Waals surface area contributed by atoms with Crippen LogP contribution in [0.3, 0.4) is 0 Å². The second kappa shape index (κ2) is 3.69. The Morgan fingerprint density at radius 2 is 2.00 bits per heavy atom. The van der Waals surface area contributed by atoms with E-state index in [4.69, 9.17) is 0 Å². The molecule has 13 heavy (non-hydrogen) atoms. The topological polar surface area (TPSA) is 53.1 Å². The van der Waals surface area contributed by atoms with Crippen LogP contribution in [0.15, 0.2) is 35.1 Å². The van der Waals surface area contributed by atoms with Crippen molar-refractivity contribution in [2.75, 3.05) is 0 Å². The van der Waals surface area contributed by atoms with Crippen molar-refractivity contribution >= 4 is 10.9 Å². The van der Waals surface area contributed by atoms with E-state index < -0.39 is 0 Å². The van der Waals surface area contributed by atoms with Gasteiger partial charge in [0.05, 0.1) is 5.52 Å². The molecule has 1 aromatic heterocycles. The number of hydrogen-bond donors (Lipinski definition) is 2. The number of aromatic nitrogens is 1. The Labute approximate surface area is 88.1 Å². The number of benzene rings is 1. The summed E-state index contributed by atoms with van der Waals surface area (Å²) in [7, 11) is 0. The van der Waals surface area contributed by atoms with Crippen molar-refractivity contribution < 1.29 is 25.4 Å². The standard InChI is InChI=1S/C9H7NO2.Li.H/c11-7-3-1-2-6-4-5-8(12)10-9(6)7;;/h1-5,11H,(H,10,12);;/q;+1;-1. The van der Waals surface area contributed by atoms with E-state index in [1.54, 1.807) is 12.1 Å². The molecule has 0 saturated heterocycles. The maximum Gasteiger partial charge on any atom is 1.00 e. The van der Waals surface area contributed by atoms with Gasteiger partial charge in [-0.05, 0) is 12.1 Å².